The summed E-state index contributed by atoms with van der Waals surface area (Å²) in [6.45, 7) is 3.96. The van der Waals surface area contributed by atoms with Crippen molar-refractivity contribution in [3.8, 4) is 21.3 Å². The van der Waals surface area contributed by atoms with Gasteiger partial charge in [0.1, 0.15) is 5.76 Å². The summed E-state index contributed by atoms with van der Waals surface area (Å²) < 4.78 is 7.08. The van der Waals surface area contributed by atoms with Gasteiger partial charge in [0.2, 0.25) is 4.96 Å². The van der Waals surface area contributed by atoms with Crippen LogP contribution < -0.4 is 0 Å². The molecule has 106 valence electrons. The van der Waals surface area contributed by atoms with E-state index in [1.807, 2.05) is 24.4 Å². The highest BCUT2D eigenvalue weighted by Gasteiger charge is 2.20. The van der Waals surface area contributed by atoms with Crippen molar-refractivity contribution in [1.29, 1.82) is 0 Å². The van der Waals surface area contributed by atoms with E-state index >= 15 is 0 Å². The lowest BCUT2D eigenvalue weighted by Gasteiger charge is -1.94. The van der Waals surface area contributed by atoms with E-state index in [0.717, 1.165) is 44.1 Å². The average Bonchev–Trinajstić information content (AvgIpc) is 3.20. The molecule has 4 rings (SSSR count). The summed E-state index contributed by atoms with van der Waals surface area (Å²) >= 11 is 3.12. The van der Waals surface area contributed by atoms with Gasteiger partial charge in [0.05, 0.1) is 16.1 Å². The molecule has 0 N–H and O–H groups in total. The van der Waals surface area contributed by atoms with Crippen LogP contribution in [-0.4, -0.2) is 25.0 Å². The molecular formula is C13H11N5OS2. The van der Waals surface area contributed by atoms with Gasteiger partial charge in [-0.2, -0.15) is 9.61 Å². The van der Waals surface area contributed by atoms with E-state index in [0.29, 0.717) is 0 Å². The van der Waals surface area contributed by atoms with Crippen LogP contribution in [0.5, 0.6) is 0 Å². The first-order valence-corrected chi connectivity index (χ1v) is 8.19. The van der Waals surface area contributed by atoms with Crippen LogP contribution in [-0.2, 0) is 6.42 Å². The number of rotatable bonds is 3. The van der Waals surface area contributed by atoms with Gasteiger partial charge in [-0.15, -0.1) is 21.5 Å². The maximum absolute atomic E-state index is 5.29. The standard InChI is InChI=1S/C13H11N5OS2/c1-3-8-10(7(2)19-17-8)12-16-18-11(9-5-4-6-20-9)14-15-13(18)21-12/h4-6H,3H2,1-2H3. The Hall–Kier alpha value is -2.06. The van der Waals surface area contributed by atoms with Gasteiger partial charge in [0.25, 0.3) is 0 Å². The lowest BCUT2D eigenvalue weighted by molar-refractivity contribution is 0.391. The van der Waals surface area contributed by atoms with Crippen LogP contribution in [0.2, 0.25) is 0 Å². The first-order chi connectivity index (χ1) is 10.3. The molecule has 0 radical (unpaired) electrons. The van der Waals surface area contributed by atoms with Gasteiger partial charge in [0.15, 0.2) is 10.8 Å². The van der Waals surface area contributed by atoms with Crippen LogP contribution in [0.3, 0.4) is 0 Å². The Kier molecular flexibility index (Phi) is 2.86. The lowest BCUT2D eigenvalue weighted by Crippen LogP contribution is -1.91. The second-order valence-corrected chi connectivity index (χ2v) is 6.42. The largest absolute Gasteiger partial charge is 0.361 e. The molecule has 0 aliphatic carbocycles. The molecule has 6 nitrogen and oxygen atoms in total. The van der Waals surface area contributed by atoms with Crippen molar-refractivity contribution < 1.29 is 4.52 Å². The molecule has 0 saturated carbocycles. The van der Waals surface area contributed by atoms with E-state index in [4.69, 9.17) is 4.52 Å². The third-order valence-corrected chi connectivity index (χ3v) is 5.00. The molecular weight excluding hydrogens is 306 g/mol. The van der Waals surface area contributed by atoms with Gasteiger partial charge in [-0.3, -0.25) is 0 Å². The van der Waals surface area contributed by atoms with Crippen molar-refractivity contribution in [3.05, 3.63) is 29.0 Å². The van der Waals surface area contributed by atoms with Crippen molar-refractivity contribution >= 4 is 27.6 Å². The summed E-state index contributed by atoms with van der Waals surface area (Å²) in [7, 11) is 0. The van der Waals surface area contributed by atoms with Gasteiger partial charge in [-0.1, -0.05) is 29.5 Å². The number of aromatic nitrogens is 5. The molecule has 0 spiro atoms. The van der Waals surface area contributed by atoms with E-state index in [2.05, 4.69) is 27.4 Å². The minimum absolute atomic E-state index is 0.773. The maximum Gasteiger partial charge on any atom is 0.235 e. The van der Waals surface area contributed by atoms with Crippen LogP contribution in [0.1, 0.15) is 18.4 Å². The monoisotopic (exact) mass is 317 g/mol. The van der Waals surface area contributed by atoms with Crippen molar-refractivity contribution in [1.82, 2.24) is 25.0 Å². The Labute approximate surface area is 128 Å². The normalized spacial score (nSPS) is 11.5. The molecule has 0 aromatic carbocycles. The zero-order valence-electron chi connectivity index (χ0n) is 11.4. The molecule has 0 unspecified atom stereocenters. The number of nitrogens with zero attached hydrogens (tertiary/aromatic N) is 5. The van der Waals surface area contributed by atoms with Crippen LogP contribution in [0.25, 0.3) is 26.2 Å². The minimum atomic E-state index is 0.773. The fourth-order valence-corrected chi connectivity index (χ4v) is 3.86. The second-order valence-electron chi connectivity index (χ2n) is 4.52. The summed E-state index contributed by atoms with van der Waals surface area (Å²) in [5, 5.41) is 20.1. The lowest BCUT2D eigenvalue weighted by atomic mass is 10.2. The number of hydrogen-bond donors (Lipinski definition) is 0. The van der Waals surface area contributed by atoms with Crippen molar-refractivity contribution in [2.24, 2.45) is 0 Å². The van der Waals surface area contributed by atoms with E-state index < -0.39 is 0 Å². The van der Waals surface area contributed by atoms with E-state index in [-0.39, 0.29) is 0 Å². The smallest absolute Gasteiger partial charge is 0.235 e. The topological polar surface area (TPSA) is 69.1 Å². The number of hydrogen-bond acceptors (Lipinski definition) is 7. The van der Waals surface area contributed by atoms with Gasteiger partial charge >= 0.3 is 0 Å². The van der Waals surface area contributed by atoms with Crippen LogP contribution in [0, 0.1) is 6.92 Å². The van der Waals surface area contributed by atoms with E-state index in [1.165, 1.54) is 11.3 Å². The molecule has 0 amide bonds. The molecule has 4 heterocycles. The molecule has 0 atom stereocenters. The van der Waals surface area contributed by atoms with E-state index in [1.54, 1.807) is 15.9 Å². The van der Waals surface area contributed by atoms with Gasteiger partial charge in [0, 0.05) is 0 Å². The van der Waals surface area contributed by atoms with Crippen LogP contribution in [0.4, 0.5) is 0 Å². The van der Waals surface area contributed by atoms with Crippen LogP contribution >= 0.6 is 22.7 Å². The zero-order valence-corrected chi connectivity index (χ0v) is 13.0. The summed E-state index contributed by atoms with van der Waals surface area (Å²) in [5.41, 5.74) is 1.90. The predicted octanol–water partition coefficient (Wildman–Crippen LogP) is 3.44. The Balaban J connectivity index is 1.90. The van der Waals surface area contributed by atoms with Gasteiger partial charge < -0.3 is 4.52 Å². The molecule has 4 aromatic rings. The third kappa shape index (κ3) is 1.90. The molecule has 0 saturated heterocycles. The Bertz CT molecular complexity index is 903. The van der Waals surface area contributed by atoms with Crippen molar-refractivity contribution in [3.63, 3.8) is 0 Å². The average molecular weight is 317 g/mol. The Morgan fingerprint density at radius 1 is 1.33 bits per heavy atom. The SMILES string of the molecule is CCc1noc(C)c1-c1nn2c(-c3cccs3)nnc2s1. The van der Waals surface area contributed by atoms with Crippen LogP contribution in [0.15, 0.2) is 22.0 Å². The van der Waals surface area contributed by atoms with Gasteiger partial charge in [-0.05, 0) is 24.8 Å². The molecule has 0 aliphatic rings. The quantitative estimate of drug-likeness (QED) is 0.579. The summed E-state index contributed by atoms with van der Waals surface area (Å²) in [5.74, 6) is 1.56. The first kappa shape index (κ1) is 12.7. The highest BCUT2D eigenvalue weighted by molar-refractivity contribution is 7.20. The second kappa shape index (κ2) is 4.74. The predicted molar refractivity (Wildman–Crippen MR) is 81.6 cm³/mol. The first-order valence-electron chi connectivity index (χ1n) is 6.49. The summed E-state index contributed by atoms with van der Waals surface area (Å²) in [6.07, 6.45) is 0.810. The minimum Gasteiger partial charge on any atom is -0.361 e. The summed E-state index contributed by atoms with van der Waals surface area (Å²) in [4.78, 5) is 1.83. The highest BCUT2D eigenvalue weighted by atomic mass is 32.1. The van der Waals surface area contributed by atoms with Gasteiger partial charge in [-0.25, -0.2) is 0 Å². The zero-order chi connectivity index (χ0) is 14.4. The number of fused-ring (bicyclic) bond motifs is 1. The van der Waals surface area contributed by atoms with Crippen molar-refractivity contribution in [2.75, 3.05) is 0 Å². The number of aryl methyl sites for hydroxylation is 2. The fourth-order valence-electron chi connectivity index (χ4n) is 2.21. The summed E-state index contributed by atoms with van der Waals surface area (Å²) in [6, 6.07) is 4.01. The fraction of sp³-hybridized carbons (Fsp3) is 0.231. The Morgan fingerprint density at radius 2 is 2.24 bits per heavy atom. The molecule has 0 fully saturated rings. The molecule has 0 aliphatic heterocycles. The molecule has 21 heavy (non-hydrogen) atoms. The molecule has 0 bridgehead atoms. The molecule has 8 heteroatoms. The van der Waals surface area contributed by atoms with E-state index in [9.17, 15) is 0 Å². The third-order valence-electron chi connectivity index (χ3n) is 3.21. The molecule has 4 aromatic heterocycles. The maximum atomic E-state index is 5.29. The van der Waals surface area contributed by atoms with Crippen molar-refractivity contribution in [2.45, 2.75) is 20.3 Å². The Morgan fingerprint density at radius 3 is 3.00 bits per heavy atom. The highest BCUT2D eigenvalue weighted by Crippen LogP contribution is 2.33. The number of thiophene rings is 1.